The maximum atomic E-state index is 13.9. The Bertz CT molecular complexity index is 481. The third-order valence-electron chi connectivity index (χ3n) is 3.25. The van der Waals surface area contributed by atoms with E-state index < -0.39 is 16.9 Å². The number of nitro groups is 1. The Balaban J connectivity index is 2.04. The number of hydrogen-bond acceptors (Lipinski definition) is 5. The number of aromatic nitrogens is 1. The molecule has 1 aliphatic rings. The summed E-state index contributed by atoms with van der Waals surface area (Å²) < 4.78 is 33.0. The van der Waals surface area contributed by atoms with Gasteiger partial charge in [-0.25, -0.2) is 13.8 Å². The van der Waals surface area contributed by atoms with Crippen molar-refractivity contribution < 1.29 is 18.4 Å². The average molecular weight is 287 g/mol. The van der Waals surface area contributed by atoms with Crippen molar-refractivity contribution in [2.24, 2.45) is 0 Å². The van der Waals surface area contributed by atoms with E-state index in [4.69, 9.17) is 4.74 Å². The van der Waals surface area contributed by atoms with Crippen LogP contribution >= 0.6 is 0 Å². The molecule has 0 aromatic carbocycles. The maximum Gasteiger partial charge on any atom is 0.296 e. The highest BCUT2D eigenvalue weighted by atomic mass is 19.3. The summed E-state index contributed by atoms with van der Waals surface area (Å²) in [7, 11) is 0. The van der Waals surface area contributed by atoms with Crippen LogP contribution in [0, 0.1) is 10.1 Å². The molecule has 1 aliphatic heterocycles. The molecule has 2 heterocycles. The lowest BCUT2D eigenvalue weighted by molar-refractivity contribution is -0.385. The molecule has 110 valence electrons. The van der Waals surface area contributed by atoms with Crippen molar-refractivity contribution in [2.45, 2.75) is 25.4 Å². The Morgan fingerprint density at radius 2 is 2.35 bits per heavy atom. The Hall–Kier alpha value is -1.83. The zero-order valence-electron chi connectivity index (χ0n) is 11.0. The highest BCUT2D eigenvalue weighted by molar-refractivity contribution is 5.29. The number of pyridine rings is 1. The maximum absolute atomic E-state index is 13.9. The standard InChI is InChI=1S/C12H15F2N3O3/c1-2-16-6-5-10(12(13,14)8-16)20-11-4-3-9(7-15-11)17(18)19/h3-4,7,10H,2,5-6,8H2,1H3/t10-/m1/s1. The fourth-order valence-corrected chi connectivity index (χ4v) is 2.10. The summed E-state index contributed by atoms with van der Waals surface area (Å²) in [5.74, 6) is -2.98. The summed E-state index contributed by atoms with van der Waals surface area (Å²) >= 11 is 0. The molecule has 1 atom stereocenters. The van der Waals surface area contributed by atoms with Gasteiger partial charge in [0.05, 0.1) is 11.5 Å². The molecule has 6 nitrogen and oxygen atoms in total. The second kappa shape index (κ2) is 5.66. The number of rotatable bonds is 4. The van der Waals surface area contributed by atoms with Gasteiger partial charge in [0, 0.05) is 25.1 Å². The number of ether oxygens (including phenoxy) is 1. The van der Waals surface area contributed by atoms with Crippen molar-refractivity contribution in [3.8, 4) is 5.88 Å². The molecule has 1 saturated heterocycles. The smallest absolute Gasteiger partial charge is 0.296 e. The van der Waals surface area contributed by atoms with Crippen molar-refractivity contribution >= 4 is 5.69 Å². The van der Waals surface area contributed by atoms with E-state index in [0.717, 1.165) is 6.20 Å². The molecule has 0 saturated carbocycles. The third-order valence-corrected chi connectivity index (χ3v) is 3.25. The Morgan fingerprint density at radius 3 is 2.85 bits per heavy atom. The topological polar surface area (TPSA) is 68.5 Å². The number of halogens is 2. The fraction of sp³-hybridized carbons (Fsp3) is 0.583. The fourth-order valence-electron chi connectivity index (χ4n) is 2.10. The molecule has 1 aromatic rings. The van der Waals surface area contributed by atoms with E-state index in [9.17, 15) is 18.9 Å². The van der Waals surface area contributed by atoms with Crippen LogP contribution in [-0.4, -0.2) is 46.5 Å². The first-order chi connectivity index (χ1) is 9.42. The van der Waals surface area contributed by atoms with Crippen LogP contribution in [-0.2, 0) is 0 Å². The number of hydrogen-bond donors (Lipinski definition) is 0. The monoisotopic (exact) mass is 287 g/mol. The molecule has 0 amide bonds. The molecular weight excluding hydrogens is 272 g/mol. The second-order valence-electron chi connectivity index (χ2n) is 4.64. The van der Waals surface area contributed by atoms with Gasteiger partial charge < -0.3 is 4.74 Å². The SMILES string of the molecule is CCN1CC[C@@H](Oc2ccc([N+](=O)[O-])cn2)C(F)(F)C1. The molecule has 0 aliphatic carbocycles. The first-order valence-corrected chi connectivity index (χ1v) is 6.29. The minimum absolute atomic E-state index is 0.0229. The van der Waals surface area contributed by atoms with E-state index in [2.05, 4.69) is 4.98 Å². The molecule has 8 heteroatoms. The van der Waals surface area contributed by atoms with Gasteiger partial charge in [-0.05, 0) is 6.54 Å². The van der Waals surface area contributed by atoms with Gasteiger partial charge >= 0.3 is 0 Å². The third kappa shape index (κ3) is 3.19. The van der Waals surface area contributed by atoms with Gasteiger partial charge in [-0.15, -0.1) is 0 Å². The molecule has 2 rings (SSSR count). The van der Waals surface area contributed by atoms with E-state index in [1.807, 2.05) is 6.92 Å². The average Bonchev–Trinajstić information content (AvgIpc) is 2.41. The second-order valence-corrected chi connectivity index (χ2v) is 4.64. The largest absolute Gasteiger partial charge is 0.468 e. The van der Waals surface area contributed by atoms with Gasteiger partial charge in [0.15, 0.2) is 6.10 Å². The molecule has 0 N–H and O–H groups in total. The highest BCUT2D eigenvalue weighted by Gasteiger charge is 2.46. The number of alkyl halides is 2. The van der Waals surface area contributed by atoms with Gasteiger partial charge in [-0.2, -0.15) is 0 Å². The van der Waals surface area contributed by atoms with Crippen LogP contribution in [0.4, 0.5) is 14.5 Å². The highest BCUT2D eigenvalue weighted by Crippen LogP contribution is 2.30. The normalized spacial score (nSPS) is 22.4. The minimum atomic E-state index is -2.96. The van der Waals surface area contributed by atoms with E-state index in [1.54, 1.807) is 4.90 Å². The predicted octanol–water partition coefficient (Wildman–Crippen LogP) is 2.10. The lowest BCUT2D eigenvalue weighted by Gasteiger charge is -2.37. The lowest BCUT2D eigenvalue weighted by Crippen LogP contribution is -2.53. The Labute approximate surface area is 114 Å². The van der Waals surface area contributed by atoms with Gasteiger partial charge in [0.25, 0.3) is 11.6 Å². The predicted molar refractivity (Wildman–Crippen MR) is 67.0 cm³/mol. The number of likely N-dealkylation sites (tertiary alicyclic amines) is 1. The molecule has 1 fully saturated rings. The van der Waals surface area contributed by atoms with Crippen LogP contribution in [0.3, 0.4) is 0 Å². The van der Waals surface area contributed by atoms with Gasteiger partial charge in [-0.1, -0.05) is 6.92 Å². The van der Waals surface area contributed by atoms with Gasteiger partial charge in [0.2, 0.25) is 5.88 Å². The van der Waals surface area contributed by atoms with E-state index in [0.29, 0.717) is 13.1 Å². The zero-order valence-corrected chi connectivity index (χ0v) is 11.0. The van der Waals surface area contributed by atoms with Crippen molar-refractivity contribution in [3.63, 3.8) is 0 Å². The molecule has 0 spiro atoms. The molecular formula is C12H15F2N3O3. The first-order valence-electron chi connectivity index (χ1n) is 6.29. The minimum Gasteiger partial charge on any atom is -0.468 e. The summed E-state index contributed by atoms with van der Waals surface area (Å²) in [6, 6.07) is 2.42. The van der Waals surface area contributed by atoms with Crippen molar-refractivity contribution in [2.75, 3.05) is 19.6 Å². The Morgan fingerprint density at radius 1 is 1.60 bits per heavy atom. The van der Waals surface area contributed by atoms with Crippen LogP contribution in [0.5, 0.6) is 5.88 Å². The van der Waals surface area contributed by atoms with Crippen LogP contribution in [0.25, 0.3) is 0 Å². The van der Waals surface area contributed by atoms with Gasteiger partial charge in [-0.3, -0.25) is 15.0 Å². The van der Waals surface area contributed by atoms with Crippen LogP contribution in [0.1, 0.15) is 13.3 Å². The molecule has 0 unspecified atom stereocenters. The summed E-state index contributed by atoms with van der Waals surface area (Å²) in [6.07, 6.45) is -0.0620. The van der Waals surface area contributed by atoms with Crippen LogP contribution in [0.15, 0.2) is 18.3 Å². The zero-order chi connectivity index (χ0) is 14.8. The number of piperidine rings is 1. The Kier molecular flexibility index (Phi) is 4.12. The molecule has 0 bridgehead atoms. The van der Waals surface area contributed by atoms with E-state index >= 15 is 0 Å². The van der Waals surface area contributed by atoms with Crippen LogP contribution in [0.2, 0.25) is 0 Å². The van der Waals surface area contributed by atoms with E-state index in [-0.39, 0.29) is 24.5 Å². The van der Waals surface area contributed by atoms with Crippen molar-refractivity contribution in [1.29, 1.82) is 0 Å². The summed E-state index contributed by atoms with van der Waals surface area (Å²) in [6.45, 7) is 2.58. The summed E-state index contributed by atoms with van der Waals surface area (Å²) in [5.41, 5.74) is -0.204. The first kappa shape index (κ1) is 14.6. The summed E-state index contributed by atoms with van der Waals surface area (Å²) in [4.78, 5) is 15.2. The quantitative estimate of drug-likeness (QED) is 0.626. The van der Waals surface area contributed by atoms with E-state index in [1.165, 1.54) is 12.1 Å². The summed E-state index contributed by atoms with van der Waals surface area (Å²) in [5, 5.41) is 10.5. The number of nitrogens with zero attached hydrogens (tertiary/aromatic N) is 3. The molecule has 1 aromatic heterocycles. The molecule has 20 heavy (non-hydrogen) atoms. The van der Waals surface area contributed by atoms with Gasteiger partial charge in [0.1, 0.15) is 6.20 Å². The van der Waals surface area contributed by atoms with Crippen molar-refractivity contribution in [3.05, 3.63) is 28.4 Å². The van der Waals surface area contributed by atoms with Crippen molar-refractivity contribution in [1.82, 2.24) is 9.88 Å². The van der Waals surface area contributed by atoms with Crippen LogP contribution < -0.4 is 4.74 Å². The lowest BCUT2D eigenvalue weighted by atomic mass is 10.0. The molecule has 0 radical (unpaired) electrons.